The van der Waals surface area contributed by atoms with Gasteiger partial charge < -0.3 is 10.3 Å². The average Bonchev–Trinajstić information content (AvgIpc) is 3.04. The molecule has 6 nitrogen and oxygen atoms in total. The minimum absolute atomic E-state index is 0.277. The number of nitrogens with one attached hydrogen (secondary N) is 3. The fourth-order valence-corrected chi connectivity index (χ4v) is 4.27. The zero-order valence-corrected chi connectivity index (χ0v) is 16.1. The van der Waals surface area contributed by atoms with E-state index in [2.05, 4.69) is 15.0 Å². The van der Waals surface area contributed by atoms with Crippen molar-refractivity contribution in [1.82, 2.24) is 10.3 Å². The van der Waals surface area contributed by atoms with Crippen molar-refractivity contribution in [3.8, 4) is 0 Å². The summed E-state index contributed by atoms with van der Waals surface area (Å²) in [6.07, 6.45) is 1.85. The van der Waals surface area contributed by atoms with E-state index in [0.717, 1.165) is 22.0 Å². The van der Waals surface area contributed by atoms with Crippen molar-refractivity contribution >= 4 is 32.5 Å². The average molecular weight is 385 g/mol. The molecule has 1 heterocycles. The minimum Gasteiger partial charge on any atom is -0.361 e. The van der Waals surface area contributed by atoms with Crippen LogP contribution in [0.3, 0.4) is 0 Å². The van der Waals surface area contributed by atoms with Gasteiger partial charge >= 0.3 is 0 Å². The number of hydrogen-bond donors (Lipinski definition) is 3. The number of anilines is 1. The SMILES string of the molecule is Cc1ccc(NS(=O)(=O)CC(C)C(=O)NCc2c[nH]c3ccccc23)cc1. The quantitative estimate of drug-likeness (QED) is 0.583. The Bertz CT molecular complexity index is 1040. The third-order valence-electron chi connectivity index (χ3n) is 4.37. The second-order valence-corrected chi connectivity index (χ2v) is 8.49. The van der Waals surface area contributed by atoms with Gasteiger partial charge in [0.25, 0.3) is 0 Å². The van der Waals surface area contributed by atoms with Crippen molar-refractivity contribution < 1.29 is 13.2 Å². The van der Waals surface area contributed by atoms with E-state index < -0.39 is 15.9 Å². The third-order valence-corrected chi connectivity index (χ3v) is 5.86. The summed E-state index contributed by atoms with van der Waals surface area (Å²) >= 11 is 0. The van der Waals surface area contributed by atoms with Gasteiger partial charge in [-0.25, -0.2) is 8.42 Å². The van der Waals surface area contributed by atoms with Crippen molar-refractivity contribution in [3.05, 3.63) is 65.9 Å². The molecule has 1 atom stereocenters. The van der Waals surface area contributed by atoms with Gasteiger partial charge in [-0.15, -0.1) is 0 Å². The molecule has 0 aliphatic heterocycles. The van der Waals surface area contributed by atoms with E-state index in [4.69, 9.17) is 0 Å². The van der Waals surface area contributed by atoms with E-state index in [9.17, 15) is 13.2 Å². The Morgan fingerprint density at radius 3 is 2.56 bits per heavy atom. The van der Waals surface area contributed by atoms with Gasteiger partial charge in [0.05, 0.1) is 11.7 Å². The number of aromatic amines is 1. The summed E-state index contributed by atoms with van der Waals surface area (Å²) in [5, 5.41) is 3.86. The van der Waals surface area contributed by atoms with Crippen LogP contribution in [-0.2, 0) is 21.4 Å². The van der Waals surface area contributed by atoms with Crippen molar-refractivity contribution in [2.24, 2.45) is 5.92 Å². The number of aromatic nitrogens is 1. The first kappa shape index (κ1) is 19.0. The minimum atomic E-state index is -3.62. The Morgan fingerprint density at radius 2 is 1.81 bits per heavy atom. The second kappa shape index (κ2) is 7.84. The molecule has 7 heteroatoms. The summed E-state index contributed by atoms with van der Waals surface area (Å²) in [6.45, 7) is 3.88. The van der Waals surface area contributed by atoms with Crippen molar-refractivity contribution in [1.29, 1.82) is 0 Å². The highest BCUT2D eigenvalue weighted by Crippen LogP contribution is 2.17. The fourth-order valence-electron chi connectivity index (χ4n) is 2.88. The Labute approximate surface area is 159 Å². The highest BCUT2D eigenvalue weighted by molar-refractivity contribution is 7.92. The molecule has 0 saturated heterocycles. The van der Waals surface area contributed by atoms with Gasteiger partial charge in [0.15, 0.2) is 0 Å². The third kappa shape index (κ3) is 4.89. The molecule has 0 aliphatic rings. The molecule has 3 N–H and O–H groups in total. The van der Waals surface area contributed by atoms with E-state index in [0.29, 0.717) is 12.2 Å². The van der Waals surface area contributed by atoms with Crippen LogP contribution in [0.25, 0.3) is 10.9 Å². The van der Waals surface area contributed by atoms with Crippen molar-refractivity contribution in [2.45, 2.75) is 20.4 Å². The highest BCUT2D eigenvalue weighted by Gasteiger charge is 2.21. The van der Waals surface area contributed by atoms with Gasteiger partial charge in [0.2, 0.25) is 15.9 Å². The first-order valence-corrected chi connectivity index (χ1v) is 10.4. The molecule has 0 spiro atoms. The summed E-state index contributed by atoms with van der Waals surface area (Å²) in [5.74, 6) is -1.24. The molecule has 2 aromatic carbocycles. The molecule has 0 radical (unpaired) electrons. The predicted octanol–water partition coefficient (Wildman–Crippen LogP) is 3.17. The first-order chi connectivity index (χ1) is 12.8. The maximum absolute atomic E-state index is 12.3. The Balaban J connectivity index is 1.57. The summed E-state index contributed by atoms with van der Waals surface area (Å²) in [6, 6.07) is 14.9. The molecule has 1 unspecified atom stereocenters. The van der Waals surface area contributed by atoms with Crippen LogP contribution in [0.4, 0.5) is 5.69 Å². The van der Waals surface area contributed by atoms with Gasteiger partial charge in [-0.2, -0.15) is 0 Å². The van der Waals surface area contributed by atoms with Crippen molar-refractivity contribution in [2.75, 3.05) is 10.5 Å². The van der Waals surface area contributed by atoms with Crippen LogP contribution in [0.15, 0.2) is 54.7 Å². The largest absolute Gasteiger partial charge is 0.361 e. The van der Waals surface area contributed by atoms with Crippen LogP contribution in [0.5, 0.6) is 0 Å². The Kier molecular flexibility index (Phi) is 5.51. The standard InChI is InChI=1S/C20H23N3O3S/c1-14-7-9-17(10-8-14)23-27(25,26)13-15(2)20(24)22-12-16-11-21-19-6-4-3-5-18(16)19/h3-11,15,21,23H,12-13H2,1-2H3,(H,22,24). The maximum Gasteiger partial charge on any atom is 0.233 e. The molecule has 3 rings (SSSR count). The number of H-pyrrole nitrogens is 1. The summed E-state index contributed by atoms with van der Waals surface area (Å²) in [4.78, 5) is 15.5. The summed E-state index contributed by atoms with van der Waals surface area (Å²) in [7, 11) is -3.62. The topological polar surface area (TPSA) is 91.1 Å². The van der Waals surface area contributed by atoms with E-state index in [1.807, 2.05) is 49.5 Å². The van der Waals surface area contributed by atoms with Gasteiger partial charge in [0.1, 0.15) is 0 Å². The number of amides is 1. The maximum atomic E-state index is 12.3. The molecule has 0 aliphatic carbocycles. The lowest BCUT2D eigenvalue weighted by molar-refractivity contribution is -0.124. The van der Waals surface area contributed by atoms with E-state index in [-0.39, 0.29) is 11.7 Å². The molecule has 142 valence electrons. The van der Waals surface area contributed by atoms with Gasteiger partial charge in [-0.3, -0.25) is 9.52 Å². The number of carbonyl (C=O) groups excluding carboxylic acids is 1. The monoisotopic (exact) mass is 385 g/mol. The summed E-state index contributed by atoms with van der Waals surface area (Å²) < 4.78 is 27.1. The molecule has 1 amide bonds. The lowest BCUT2D eigenvalue weighted by Gasteiger charge is -2.14. The van der Waals surface area contributed by atoms with Crippen LogP contribution in [0.2, 0.25) is 0 Å². The number of fused-ring (bicyclic) bond motifs is 1. The lowest BCUT2D eigenvalue weighted by atomic mass is 10.1. The molecule has 1 aromatic heterocycles. The normalized spacial score (nSPS) is 12.7. The molecular weight excluding hydrogens is 362 g/mol. The van der Waals surface area contributed by atoms with Crippen LogP contribution >= 0.6 is 0 Å². The number of para-hydroxylation sites is 1. The van der Waals surface area contributed by atoms with Crippen LogP contribution in [-0.4, -0.2) is 25.1 Å². The Morgan fingerprint density at radius 1 is 1.11 bits per heavy atom. The molecule has 0 fully saturated rings. The number of hydrogen-bond acceptors (Lipinski definition) is 3. The zero-order valence-electron chi connectivity index (χ0n) is 15.3. The first-order valence-electron chi connectivity index (χ1n) is 8.74. The molecule has 27 heavy (non-hydrogen) atoms. The van der Waals surface area contributed by atoms with Crippen LogP contribution in [0, 0.1) is 12.8 Å². The van der Waals surface area contributed by atoms with Gasteiger partial charge in [-0.1, -0.05) is 42.8 Å². The number of carbonyl (C=O) groups is 1. The van der Waals surface area contributed by atoms with E-state index >= 15 is 0 Å². The molecule has 0 saturated carbocycles. The van der Waals surface area contributed by atoms with Gasteiger partial charge in [0, 0.05) is 29.3 Å². The number of sulfonamides is 1. The van der Waals surface area contributed by atoms with Gasteiger partial charge in [-0.05, 0) is 30.7 Å². The Hall–Kier alpha value is -2.80. The van der Waals surface area contributed by atoms with Crippen LogP contribution in [0.1, 0.15) is 18.1 Å². The number of benzene rings is 2. The lowest BCUT2D eigenvalue weighted by Crippen LogP contribution is -2.34. The smallest absolute Gasteiger partial charge is 0.233 e. The second-order valence-electron chi connectivity index (χ2n) is 6.73. The van der Waals surface area contributed by atoms with E-state index in [1.165, 1.54) is 0 Å². The van der Waals surface area contributed by atoms with E-state index in [1.54, 1.807) is 19.1 Å². The molecule has 3 aromatic rings. The number of aryl methyl sites for hydroxylation is 1. The highest BCUT2D eigenvalue weighted by atomic mass is 32.2. The fraction of sp³-hybridized carbons (Fsp3) is 0.250. The van der Waals surface area contributed by atoms with Crippen molar-refractivity contribution in [3.63, 3.8) is 0 Å². The summed E-state index contributed by atoms with van der Waals surface area (Å²) in [5.41, 5.74) is 3.50. The zero-order chi connectivity index (χ0) is 19.4. The molecular formula is C20H23N3O3S. The number of rotatable bonds is 7. The predicted molar refractivity (Wildman–Crippen MR) is 108 cm³/mol. The molecule has 0 bridgehead atoms. The van der Waals surface area contributed by atoms with Crippen LogP contribution < -0.4 is 10.0 Å².